The van der Waals surface area contributed by atoms with Gasteiger partial charge in [-0.1, -0.05) is 18.2 Å². The molecule has 1 aromatic carbocycles. The molecule has 0 aliphatic carbocycles. The molecule has 2 aliphatic heterocycles. The van der Waals surface area contributed by atoms with Crippen molar-refractivity contribution in [1.29, 1.82) is 0 Å². The summed E-state index contributed by atoms with van der Waals surface area (Å²) in [4.78, 5) is 4.53. The van der Waals surface area contributed by atoms with Crippen LogP contribution in [0.3, 0.4) is 0 Å². The van der Waals surface area contributed by atoms with Crippen molar-refractivity contribution < 1.29 is 10.2 Å². The molecule has 4 heteroatoms. The van der Waals surface area contributed by atoms with Crippen LogP contribution in [0, 0.1) is 0 Å². The molecule has 2 atom stereocenters. The summed E-state index contributed by atoms with van der Waals surface area (Å²) >= 11 is 0. The number of aliphatic hydroxyl groups excluding tert-OH is 2. The molecule has 2 heterocycles. The highest BCUT2D eigenvalue weighted by Crippen LogP contribution is 2.18. The average Bonchev–Trinajstić information content (AvgIpc) is 3.06. The first-order chi connectivity index (χ1) is 10.2. The number of likely N-dealkylation sites (N-methyl/N-ethyl adjacent to an activating group) is 1. The Labute approximate surface area is 128 Å². The summed E-state index contributed by atoms with van der Waals surface area (Å²) in [7, 11) is 1.98. The third-order valence-electron chi connectivity index (χ3n) is 4.42. The number of aliphatic hydroxyl groups is 2. The molecule has 2 aliphatic rings. The molecule has 0 radical (unpaired) electrons. The minimum atomic E-state index is -0.201. The molecule has 2 unspecified atom stereocenters. The first-order valence-corrected chi connectivity index (χ1v) is 8.00. The van der Waals surface area contributed by atoms with E-state index in [-0.39, 0.29) is 18.8 Å². The van der Waals surface area contributed by atoms with Crippen molar-refractivity contribution in [3.8, 4) is 0 Å². The maximum Gasteiger partial charge on any atom is 0.0587 e. The van der Waals surface area contributed by atoms with Gasteiger partial charge in [-0.2, -0.15) is 0 Å². The van der Waals surface area contributed by atoms with Crippen LogP contribution in [-0.2, 0) is 0 Å². The van der Waals surface area contributed by atoms with Gasteiger partial charge in [0.1, 0.15) is 0 Å². The molecule has 118 valence electrons. The first kappa shape index (κ1) is 16.3. The molecule has 4 nitrogen and oxygen atoms in total. The lowest BCUT2D eigenvalue weighted by molar-refractivity contribution is 0.0307. The van der Waals surface area contributed by atoms with E-state index in [1.54, 1.807) is 0 Å². The number of hydrogen-bond acceptors (Lipinski definition) is 4. The first-order valence-electron chi connectivity index (χ1n) is 8.00. The Bertz CT molecular complexity index is 393. The highest BCUT2D eigenvalue weighted by atomic mass is 16.3. The van der Waals surface area contributed by atoms with Crippen molar-refractivity contribution in [1.82, 2.24) is 4.90 Å². The molecule has 3 rings (SSSR count). The molecule has 0 bridgehead atoms. The summed E-state index contributed by atoms with van der Waals surface area (Å²) < 4.78 is 0. The molecule has 1 aromatic rings. The molecule has 21 heavy (non-hydrogen) atoms. The van der Waals surface area contributed by atoms with E-state index >= 15 is 0 Å². The van der Waals surface area contributed by atoms with Crippen LogP contribution in [0.4, 0.5) is 5.69 Å². The molecule has 0 saturated carbocycles. The zero-order valence-corrected chi connectivity index (χ0v) is 13.0. The van der Waals surface area contributed by atoms with Crippen molar-refractivity contribution in [2.75, 3.05) is 38.2 Å². The minimum absolute atomic E-state index is 0.160. The van der Waals surface area contributed by atoms with Gasteiger partial charge >= 0.3 is 0 Å². The lowest BCUT2D eigenvalue weighted by Crippen LogP contribution is -2.43. The summed E-state index contributed by atoms with van der Waals surface area (Å²) in [6, 6.07) is 10.8. The van der Waals surface area contributed by atoms with Crippen molar-refractivity contribution in [3.05, 3.63) is 30.3 Å². The van der Waals surface area contributed by atoms with Gasteiger partial charge in [-0.05, 0) is 44.9 Å². The van der Waals surface area contributed by atoms with E-state index in [9.17, 15) is 5.11 Å². The average molecular weight is 292 g/mol. The van der Waals surface area contributed by atoms with Crippen LogP contribution in [0.2, 0.25) is 0 Å². The Balaban J connectivity index is 0.000000155. The summed E-state index contributed by atoms with van der Waals surface area (Å²) in [5.74, 6) is 0. The lowest BCUT2D eigenvalue weighted by atomic mass is 10.0. The fourth-order valence-electron chi connectivity index (χ4n) is 2.98. The Kier molecular flexibility index (Phi) is 6.49. The number of nitrogens with zero attached hydrogens (tertiary/aromatic N) is 2. The minimum Gasteiger partial charge on any atom is -0.395 e. The third kappa shape index (κ3) is 4.99. The van der Waals surface area contributed by atoms with Gasteiger partial charge in [0.25, 0.3) is 0 Å². The van der Waals surface area contributed by atoms with Crippen LogP contribution in [0.25, 0.3) is 0 Å². The number of likely N-dealkylation sites (tertiary alicyclic amines) is 1. The fraction of sp³-hybridized carbons (Fsp3) is 0.647. The number of para-hydroxylation sites is 1. The van der Waals surface area contributed by atoms with Crippen molar-refractivity contribution >= 4 is 5.69 Å². The summed E-state index contributed by atoms with van der Waals surface area (Å²) in [5, 5.41) is 18.0. The fourth-order valence-corrected chi connectivity index (χ4v) is 2.98. The van der Waals surface area contributed by atoms with Crippen LogP contribution in [0.15, 0.2) is 30.3 Å². The van der Waals surface area contributed by atoms with Crippen molar-refractivity contribution in [2.45, 2.75) is 37.8 Å². The van der Waals surface area contributed by atoms with Gasteiger partial charge in [-0.15, -0.1) is 0 Å². The van der Waals surface area contributed by atoms with Gasteiger partial charge in [0.2, 0.25) is 0 Å². The van der Waals surface area contributed by atoms with Gasteiger partial charge in [0, 0.05) is 31.4 Å². The van der Waals surface area contributed by atoms with E-state index in [4.69, 9.17) is 5.11 Å². The molecule has 2 fully saturated rings. The zero-order chi connectivity index (χ0) is 15.1. The van der Waals surface area contributed by atoms with Crippen LogP contribution in [-0.4, -0.2) is 60.5 Å². The van der Waals surface area contributed by atoms with Gasteiger partial charge in [0.05, 0.1) is 12.7 Å². The van der Waals surface area contributed by atoms with Crippen LogP contribution in [0.5, 0.6) is 0 Å². The number of hydrogen-bond donors (Lipinski definition) is 2. The number of benzene rings is 1. The molecule has 0 aromatic heterocycles. The molecular weight excluding hydrogens is 264 g/mol. The Morgan fingerprint density at radius 3 is 2.33 bits per heavy atom. The maximum atomic E-state index is 9.19. The van der Waals surface area contributed by atoms with Gasteiger partial charge in [-0.3, -0.25) is 0 Å². The lowest BCUT2D eigenvalue weighted by Gasteiger charge is -2.33. The second kappa shape index (κ2) is 8.37. The summed E-state index contributed by atoms with van der Waals surface area (Å²) in [6.07, 6.45) is 4.07. The normalized spacial score (nSPS) is 26.3. The Morgan fingerprint density at radius 2 is 1.76 bits per heavy atom. The molecule has 2 N–H and O–H groups in total. The number of rotatable bonds is 2. The SMILES string of the molecule is CN1CCC(O)CC1CO.c1ccc(N2CCCC2)cc1. The highest BCUT2D eigenvalue weighted by Gasteiger charge is 2.23. The third-order valence-corrected chi connectivity index (χ3v) is 4.42. The van der Waals surface area contributed by atoms with E-state index in [0.29, 0.717) is 6.42 Å². The van der Waals surface area contributed by atoms with Crippen molar-refractivity contribution in [3.63, 3.8) is 0 Å². The van der Waals surface area contributed by atoms with Crippen LogP contribution < -0.4 is 4.90 Å². The van der Waals surface area contributed by atoms with E-state index in [2.05, 4.69) is 40.1 Å². The molecule has 2 saturated heterocycles. The second-order valence-corrected chi connectivity index (χ2v) is 6.02. The van der Waals surface area contributed by atoms with Crippen molar-refractivity contribution in [2.24, 2.45) is 0 Å². The monoisotopic (exact) mass is 292 g/mol. The van der Waals surface area contributed by atoms with E-state index in [0.717, 1.165) is 13.0 Å². The van der Waals surface area contributed by atoms with Crippen LogP contribution in [0.1, 0.15) is 25.7 Å². The molecular formula is C17H28N2O2. The number of piperidine rings is 1. The van der Waals surface area contributed by atoms with Gasteiger partial charge in [0.15, 0.2) is 0 Å². The Hall–Kier alpha value is -1.10. The van der Waals surface area contributed by atoms with Gasteiger partial charge in [-0.25, -0.2) is 0 Å². The molecule has 0 spiro atoms. The van der Waals surface area contributed by atoms with Crippen LogP contribution >= 0.6 is 0 Å². The molecule has 0 amide bonds. The second-order valence-electron chi connectivity index (χ2n) is 6.02. The quantitative estimate of drug-likeness (QED) is 0.871. The van der Waals surface area contributed by atoms with E-state index < -0.39 is 0 Å². The van der Waals surface area contributed by atoms with Gasteiger partial charge < -0.3 is 20.0 Å². The van der Waals surface area contributed by atoms with E-state index in [1.807, 2.05) is 7.05 Å². The predicted octanol–water partition coefficient (Wildman–Crippen LogP) is 1.72. The predicted molar refractivity (Wildman–Crippen MR) is 86.6 cm³/mol. The largest absolute Gasteiger partial charge is 0.395 e. The maximum absolute atomic E-state index is 9.19. The topological polar surface area (TPSA) is 46.9 Å². The smallest absolute Gasteiger partial charge is 0.0587 e. The van der Waals surface area contributed by atoms with E-state index in [1.165, 1.54) is 31.6 Å². The Morgan fingerprint density at radius 1 is 1.10 bits per heavy atom. The zero-order valence-electron chi connectivity index (χ0n) is 13.0. The summed E-state index contributed by atoms with van der Waals surface area (Å²) in [5.41, 5.74) is 1.38. The number of anilines is 1. The summed E-state index contributed by atoms with van der Waals surface area (Å²) in [6.45, 7) is 3.54. The standard InChI is InChI=1S/C10H13N.C7H15NO2/c1-2-6-10(7-3-1)11-8-4-5-9-11;1-8-3-2-7(10)4-6(8)5-9/h1-3,6-7H,4-5,8-9H2;6-7,9-10H,2-5H2,1H3. The highest BCUT2D eigenvalue weighted by molar-refractivity contribution is 5.46.